The van der Waals surface area contributed by atoms with Gasteiger partial charge in [0.1, 0.15) is 0 Å². The molecule has 0 aromatic heterocycles. The summed E-state index contributed by atoms with van der Waals surface area (Å²) >= 11 is 0. The third-order valence-corrected chi connectivity index (χ3v) is 7.44. The number of benzene rings is 2. The van der Waals surface area contributed by atoms with Crippen LogP contribution in [0, 0.1) is 12.8 Å². The van der Waals surface area contributed by atoms with Crippen LogP contribution in [-0.4, -0.2) is 18.8 Å². The van der Waals surface area contributed by atoms with E-state index in [0.29, 0.717) is 12.0 Å². The van der Waals surface area contributed by atoms with Gasteiger partial charge >= 0.3 is 6.18 Å². The average Bonchev–Trinajstić information content (AvgIpc) is 3.04. The highest BCUT2D eigenvalue weighted by Crippen LogP contribution is 2.45. The van der Waals surface area contributed by atoms with Gasteiger partial charge in [0, 0.05) is 12.2 Å². The van der Waals surface area contributed by atoms with Gasteiger partial charge in [-0.1, -0.05) is 29.8 Å². The molecule has 3 nitrogen and oxygen atoms in total. The van der Waals surface area contributed by atoms with Gasteiger partial charge in [0.05, 0.1) is 10.5 Å². The molecule has 28 heavy (non-hydrogen) atoms. The Morgan fingerprint density at radius 3 is 2.21 bits per heavy atom. The fourth-order valence-electron chi connectivity index (χ4n) is 4.08. The maximum Gasteiger partial charge on any atom is 0.416 e. The number of allylic oxidation sites excluding steroid dienone is 1. The lowest BCUT2D eigenvalue weighted by atomic mass is 9.90. The quantitative estimate of drug-likeness (QED) is 0.699. The summed E-state index contributed by atoms with van der Waals surface area (Å²) in [6, 6.07) is 11.6. The van der Waals surface area contributed by atoms with Crippen LogP contribution in [0.5, 0.6) is 0 Å². The molecule has 1 saturated carbocycles. The predicted molar refractivity (Wildman–Crippen MR) is 101 cm³/mol. The Morgan fingerprint density at radius 2 is 1.61 bits per heavy atom. The second-order valence-electron chi connectivity index (χ2n) is 7.47. The first-order valence-corrected chi connectivity index (χ1v) is 10.6. The van der Waals surface area contributed by atoms with Crippen molar-refractivity contribution in [3.05, 3.63) is 71.4 Å². The van der Waals surface area contributed by atoms with E-state index in [9.17, 15) is 21.6 Å². The van der Waals surface area contributed by atoms with Crippen LogP contribution in [0.3, 0.4) is 0 Å². The minimum atomic E-state index is -4.39. The molecule has 4 rings (SSSR count). The molecule has 2 bridgehead atoms. The first kappa shape index (κ1) is 19.1. The van der Waals surface area contributed by atoms with Gasteiger partial charge in [-0.15, -0.1) is 0 Å². The van der Waals surface area contributed by atoms with Crippen LogP contribution in [0.1, 0.15) is 36.0 Å². The van der Waals surface area contributed by atoms with E-state index in [-0.39, 0.29) is 16.9 Å². The van der Waals surface area contributed by atoms with Crippen LogP contribution in [0.25, 0.3) is 5.57 Å². The van der Waals surface area contributed by atoms with Crippen LogP contribution < -0.4 is 0 Å². The molecule has 1 aliphatic carbocycles. The smallest absolute Gasteiger partial charge is 0.270 e. The van der Waals surface area contributed by atoms with Crippen molar-refractivity contribution in [2.75, 3.05) is 0 Å². The van der Waals surface area contributed by atoms with E-state index in [4.69, 9.17) is 0 Å². The zero-order chi connectivity index (χ0) is 20.1. The van der Waals surface area contributed by atoms with Crippen molar-refractivity contribution in [2.45, 2.75) is 43.3 Å². The van der Waals surface area contributed by atoms with E-state index in [1.807, 2.05) is 6.92 Å². The number of alkyl halides is 3. The average molecular weight is 407 g/mol. The third-order valence-electron chi connectivity index (χ3n) is 5.61. The molecule has 0 amide bonds. The molecule has 0 saturated heterocycles. The maximum atomic E-state index is 13.2. The van der Waals surface area contributed by atoms with Crippen molar-refractivity contribution in [1.29, 1.82) is 0 Å². The highest BCUT2D eigenvalue weighted by atomic mass is 32.2. The Bertz CT molecular complexity index is 1010. The van der Waals surface area contributed by atoms with Crippen molar-refractivity contribution < 1.29 is 21.6 Å². The number of halogens is 3. The molecule has 0 N–H and O–H groups in total. The predicted octanol–water partition coefficient (Wildman–Crippen LogP) is 5.23. The van der Waals surface area contributed by atoms with Gasteiger partial charge in [0.2, 0.25) is 0 Å². The summed E-state index contributed by atoms with van der Waals surface area (Å²) in [7, 11) is -3.71. The molecule has 0 unspecified atom stereocenters. The molecule has 148 valence electrons. The summed E-state index contributed by atoms with van der Waals surface area (Å²) in [5, 5.41) is 0. The van der Waals surface area contributed by atoms with Gasteiger partial charge < -0.3 is 0 Å². The zero-order valence-corrected chi connectivity index (χ0v) is 16.1. The Hall–Kier alpha value is -2.28. The fraction of sp³-hybridized carbons (Fsp3) is 0.333. The SMILES string of the molecule is Cc1ccc(S(=O)(=O)N2C=C(c3ccc(C(F)(F)F)cc3)[C@H]3CC[C@@H]2C3)cc1. The lowest BCUT2D eigenvalue weighted by Crippen LogP contribution is -2.37. The minimum Gasteiger partial charge on any atom is -0.270 e. The topological polar surface area (TPSA) is 37.4 Å². The molecule has 0 radical (unpaired) electrons. The standard InChI is InChI=1S/C21H20F3NO2S/c1-14-2-10-19(11-3-14)28(26,27)25-13-20(16-6-9-18(25)12-16)15-4-7-17(8-5-15)21(22,23)24/h2-5,7-8,10-11,13,16,18H,6,9,12H2,1H3/t16-,18+/m0/s1. The van der Waals surface area contributed by atoms with Crippen molar-refractivity contribution >= 4 is 15.6 Å². The highest BCUT2D eigenvalue weighted by Gasteiger charge is 2.41. The van der Waals surface area contributed by atoms with Gasteiger partial charge in [0.25, 0.3) is 10.0 Å². The largest absolute Gasteiger partial charge is 0.416 e. The Balaban J connectivity index is 1.72. The first-order valence-electron chi connectivity index (χ1n) is 9.16. The van der Waals surface area contributed by atoms with Gasteiger partial charge in [-0.3, -0.25) is 4.31 Å². The first-order chi connectivity index (χ1) is 13.2. The lowest BCUT2D eigenvalue weighted by Gasteiger charge is -2.32. The summed E-state index contributed by atoms with van der Waals surface area (Å²) in [4.78, 5) is 0.228. The number of hydrogen-bond donors (Lipinski definition) is 0. The van der Waals surface area contributed by atoms with Crippen molar-refractivity contribution in [3.63, 3.8) is 0 Å². The van der Waals surface area contributed by atoms with Crippen LogP contribution in [-0.2, 0) is 16.2 Å². The summed E-state index contributed by atoms with van der Waals surface area (Å²) in [5.41, 5.74) is 1.70. The third kappa shape index (κ3) is 3.32. The van der Waals surface area contributed by atoms with Gasteiger partial charge in [-0.2, -0.15) is 13.2 Å². The van der Waals surface area contributed by atoms with E-state index in [0.717, 1.165) is 36.1 Å². The van der Waals surface area contributed by atoms with Crippen molar-refractivity contribution in [1.82, 2.24) is 4.31 Å². The van der Waals surface area contributed by atoms with E-state index >= 15 is 0 Å². The summed E-state index contributed by atoms with van der Waals surface area (Å²) in [5.74, 6) is 0.172. The van der Waals surface area contributed by atoms with Crippen molar-refractivity contribution in [3.8, 4) is 0 Å². The zero-order valence-electron chi connectivity index (χ0n) is 15.3. The monoisotopic (exact) mass is 407 g/mol. The van der Waals surface area contributed by atoms with Crippen LogP contribution in [0.4, 0.5) is 13.2 Å². The van der Waals surface area contributed by atoms with E-state index in [1.54, 1.807) is 30.5 Å². The molecule has 2 atom stereocenters. The number of hydrogen-bond acceptors (Lipinski definition) is 2. The second-order valence-corrected chi connectivity index (χ2v) is 9.31. The molecule has 2 aliphatic rings. The molecule has 7 heteroatoms. The number of aryl methyl sites for hydroxylation is 1. The molecule has 2 aromatic rings. The number of rotatable bonds is 3. The molecule has 1 fully saturated rings. The second kappa shape index (κ2) is 6.65. The molecule has 0 spiro atoms. The molecule has 1 aliphatic heterocycles. The van der Waals surface area contributed by atoms with Crippen molar-refractivity contribution in [2.24, 2.45) is 5.92 Å². The minimum absolute atomic E-state index is 0.102. The van der Waals surface area contributed by atoms with Crippen LogP contribution in [0.15, 0.2) is 59.6 Å². The normalized spacial score (nSPS) is 22.3. The summed E-state index contributed by atoms with van der Waals surface area (Å²) in [6.07, 6.45) is -0.492. The Labute approximate surface area is 162 Å². The van der Waals surface area contributed by atoms with Crippen LogP contribution >= 0.6 is 0 Å². The van der Waals surface area contributed by atoms with Gasteiger partial charge in [-0.05, 0) is 67.5 Å². The number of fused-ring (bicyclic) bond motifs is 2. The Morgan fingerprint density at radius 1 is 0.964 bits per heavy atom. The number of nitrogens with zero attached hydrogens (tertiary/aromatic N) is 1. The lowest BCUT2D eigenvalue weighted by molar-refractivity contribution is -0.137. The molecule has 1 heterocycles. The maximum absolute atomic E-state index is 13.2. The van der Waals surface area contributed by atoms with E-state index in [2.05, 4.69) is 0 Å². The molecular weight excluding hydrogens is 387 g/mol. The Kier molecular flexibility index (Phi) is 4.53. The summed E-state index contributed by atoms with van der Waals surface area (Å²) < 4.78 is 66.3. The highest BCUT2D eigenvalue weighted by molar-refractivity contribution is 7.89. The van der Waals surface area contributed by atoms with Crippen LogP contribution in [0.2, 0.25) is 0 Å². The number of sulfonamides is 1. The molecular formula is C21H20F3NO2S. The molecule has 2 aromatic carbocycles. The van der Waals surface area contributed by atoms with E-state index < -0.39 is 21.8 Å². The van der Waals surface area contributed by atoms with E-state index in [1.165, 1.54) is 16.4 Å². The van der Waals surface area contributed by atoms with Gasteiger partial charge in [0.15, 0.2) is 0 Å². The summed E-state index contributed by atoms with van der Waals surface area (Å²) in [6.45, 7) is 1.89. The fourth-order valence-corrected chi connectivity index (χ4v) is 5.64. The van der Waals surface area contributed by atoms with Gasteiger partial charge in [-0.25, -0.2) is 8.42 Å².